The SMILES string of the molecule is NC(=O)CC(N)C(=O)NC(CS)C(=O)NC(Cc1ccccc1)C(=O)NC(CC(=O)O)C(=O)O. The van der Waals surface area contributed by atoms with E-state index in [0.29, 0.717) is 5.56 Å². The molecule has 0 radical (unpaired) electrons. The zero-order valence-electron chi connectivity index (χ0n) is 18.0. The average molecular weight is 498 g/mol. The van der Waals surface area contributed by atoms with Gasteiger partial charge in [0.25, 0.3) is 0 Å². The Morgan fingerprint density at radius 1 is 0.824 bits per heavy atom. The Labute approximate surface area is 200 Å². The number of rotatable bonds is 14. The van der Waals surface area contributed by atoms with Crippen molar-refractivity contribution in [2.24, 2.45) is 11.5 Å². The number of nitrogens with two attached hydrogens (primary N) is 2. The van der Waals surface area contributed by atoms with E-state index in [0.717, 1.165) is 0 Å². The normalized spacial score (nSPS) is 14.1. The van der Waals surface area contributed by atoms with E-state index in [1.165, 1.54) is 0 Å². The predicted octanol–water partition coefficient (Wildman–Crippen LogP) is -2.62. The minimum Gasteiger partial charge on any atom is -0.481 e. The third kappa shape index (κ3) is 9.87. The lowest BCUT2D eigenvalue weighted by Gasteiger charge is -2.24. The van der Waals surface area contributed by atoms with E-state index in [-0.39, 0.29) is 12.2 Å². The highest BCUT2D eigenvalue weighted by Crippen LogP contribution is 2.06. The Hall–Kier alpha value is -3.65. The lowest BCUT2D eigenvalue weighted by atomic mass is 10.0. The summed E-state index contributed by atoms with van der Waals surface area (Å²) in [5, 5.41) is 24.9. The number of nitrogens with one attached hydrogen (secondary N) is 3. The molecule has 9 N–H and O–H groups in total. The first-order chi connectivity index (χ1) is 15.9. The summed E-state index contributed by atoms with van der Waals surface area (Å²) in [6.07, 6.45) is -1.39. The molecule has 1 aromatic rings. The number of thiol groups is 1. The highest BCUT2D eigenvalue weighted by Gasteiger charge is 2.31. The van der Waals surface area contributed by atoms with E-state index in [2.05, 4.69) is 28.6 Å². The van der Waals surface area contributed by atoms with Gasteiger partial charge in [0.2, 0.25) is 23.6 Å². The zero-order chi connectivity index (χ0) is 25.8. The van der Waals surface area contributed by atoms with Crippen molar-refractivity contribution in [3.05, 3.63) is 35.9 Å². The van der Waals surface area contributed by atoms with Gasteiger partial charge in [-0.2, -0.15) is 12.6 Å². The standard InChI is InChI=1S/C20H27N5O8S/c21-11(7-15(22)26)17(29)25-14(9-34)19(31)23-12(6-10-4-2-1-3-5-10)18(30)24-13(20(32)33)8-16(27)28/h1-5,11-14,34H,6-9,21H2,(H2,22,26)(H,23,31)(H,24,30)(H,25,29)(H,27,28)(H,32,33). The monoisotopic (exact) mass is 497 g/mol. The molecule has 1 aromatic carbocycles. The molecule has 34 heavy (non-hydrogen) atoms. The number of aliphatic carboxylic acids is 2. The fourth-order valence-corrected chi connectivity index (χ4v) is 3.02. The van der Waals surface area contributed by atoms with Crippen LogP contribution in [-0.4, -0.2) is 75.7 Å². The number of primary amides is 1. The van der Waals surface area contributed by atoms with Crippen LogP contribution in [0.2, 0.25) is 0 Å². The topological polar surface area (TPSA) is 231 Å². The van der Waals surface area contributed by atoms with Crippen molar-refractivity contribution in [2.45, 2.75) is 43.4 Å². The van der Waals surface area contributed by atoms with E-state index < -0.39 is 72.6 Å². The van der Waals surface area contributed by atoms with Crippen molar-refractivity contribution >= 4 is 48.2 Å². The van der Waals surface area contributed by atoms with Gasteiger partial charge in [-0.05, 0) is 5.56 Å². The molecule has 4 atom stereocenters. The average Bonchev–Trinajstić information content (AvgIpc) is 2.75. The number of amides is 4. The minimum absolute atomic E-state index is 0.0632. The summed E-state index contributed by atoms with van der Waals surface area (Å²) < 4.78 is 0. The van der Waals surface area contributed by atoms with Crippen molar-refractivity contribution in [3.63, 3.8) is 0 Å². The van der Waals surface area contributed by atoms with Crippen LogP contribution in [-0.2, 0) is 35.2 Å². The van der Waals surface area contributed by atoms with Crippen molar-refractivity contribution in [1.29, 1.82) is 0 Å². The van der Waals surface area contributed by atoms with Crippen molar-refractivity contribution in [3.8, 4) is 0 Å². The Kier molecular flexibility index (Phi) is 11.5. The molecule has 0 aliphatic rings. The summed E-state index contributed by atoms with van der Waals surface area (Å²) in [4.78, 5) is 70.9. The first kappa shape index (κ1) is 28.4. The second-order valence-electron chi connectivity index (χ2n) is 7.27. The maximum absolute atomic E-state index is 12.8. The third-order valence-corrected chi connectivity index (χ3v) is 4.85. The maximum Gasteiger partial charge on any atom is 0.326 e. The minimum atomic E-state index is -1.73. The quantitative estimate of drug-likeness (QED) is 0.125. The lowest BCUT2D eigenvalue weighted by Crippen LogP contribution is -2.58. The number of carboxylic acid groups (broad SMARTS) is 2. The molecular weight excluding hydrogens is 470 g/mol. The van der Waals surface area contributed by atoms with E-state index in [9.17, 15) is 33.9 Å². The van der Waals surface area contributed by atoms with Gasteiger partial charge in [0.1, 0.15) is 18.1 Å². The van der Waals surface area contributed by atoms with Gasteiger partial charge in [-0.15, -0.1) is 0 Å². The van der Waals surface area contributed by atoms with E-state index in [1.807, 2.05) is 0 Å². The van der Waals surface area contributed by atoms with E-state index in [4.69, 9.17) is 16.6 Å². The van der Waals surface area contributed by atoms with Crippen LogP contribution in [0, 0.1) is 0 Å². The highest BCUT2D eigenvalue weighted by molar-refractivity contribution is 7.80. The second kappa shape index (κ2) is 13.8. The van der Waals surface area contributed by atoms with Crippen LogP contribution >= 0.6 is 12.6 Å². The number of carboxylic acids is 2. The largest absolute Gasteiger partial charge is 0.481 e. The molecule has 14 heteroatoms. The Bertz CT molecular complexity index is 913. The summed E-state index contributed by atoms with van der Waals surface area (Å²) in [5.41, 5.74) is 11.2. The molecule has 0 spiro atoms. The first-order valence-corrected chi connectivity index (χ1v) is 10.6. The van der Waals surface area contributed by atoms with Crippen LogP contribution in [0.1, 0.15) is 18.4 Å². The van der Waals surface area contributed by atoms with E-state index >= 15 is 0 Å². The zero-order valence-corrected chi connectivity index (χ0v) is 18.9. The third-order valence-electron chi connectivity index (χ3n) is 4.48. The van der Waals surface area contributed by atoms with Crippen LogP contribution in [0.25, 0.3) is 0 Å². The molecule has 0 heterocycles. The van der Waals surface area contributed by atoms with Gasteiger partial charge < -0.3 is 37.6 Å². The number of carbonyl (C=O) groups is 6. The summed E-state index contributed by atoms with van der Waals surface area (Å²) in [5.74, 6) is -6.65. The van der Waals surface area contributed by atoms with Crippen LogP contribution in [0.15, 0.2) is 30.3 Å². The molecule has 4 unspecified atom stereocenters. The Balaban J connectivity index is 3.02. The summed E-state index contributed by atoms with van der Waals surface area (Å²) in [6, 6.07) is 2.83. The van der Waals surface area contributed by atoms with Crippen molar-refractivity contribution < 1.29 is 39.0 Å². The number of hydrogen-bond donors (Lipinski definition) is 8. The van der Waals surface area contributed by atoms with Gasteiger partial charge in [0, 0.05) is 12.2 Å². The fraction of sp³-hybridized carbons (Fsp3) is 0.400. The van der Waals surface area contributed by atoms with Crippen LogP contribution in [0.3, 0.4) is 0 Å². The maximum atomic E-state index is 12.8. The highest BCUT2D eigenvalue weighted by atomic mass is 32.1. The molecule has 4 amide bonds. The first-order valence-electron chi connectivity index (χ1n) is 9.99. The number of carbonyl (C=O) groups excluding carboxylic acids is 4. The van der Waals surface area contributed by atoms with Gasteiger partial charge in [-0.25, -0.2) is 4.79 Å². The van der Waals surface area contributed by atoms with Crippen LogP contribution < -0.4 is 27.4 Å². The van der Waals surface area contributed by atoms with Gasteiger partial charge >= 0.3 is 11.9 Å². The number of hydrogen-bond acceptors (Lipinski definition) is 8. The van der Waals surface area contributed by atoms with Crippen LogP contribution in [0.5, 0.6) is 0 Å². The molecule has 0 saturated carbocycles. The fourth-order valence-electron chi connectivity index (χ4n) is 2.76. The molecule has 0 bridgehead atoms. The summed E-state index contributed by atoms with van der Waals surface area (Å²) in [6.45, 7) is 0. The van der Waals surface area contributed by atoms with Gasteiger partial charge in [0.15, 0.2) is 0 Å². The van der Waals surface area contributed by atoms with Gasteiger partial charge in [0.05, 0.1) is 18.9 Å². The smallest absolute Gasteiger partial charge is 0.326 e. The predicted molar refractivity (Wildman–Crippen MR) is 121 cm³/mol. The summed E-state index contributed by atoms with van der Waals surface area (Å²) >= 11 is 4.01. The second-order valence-corrected chi connectivity index (χ2v) is 7.63. The van der Waals surface area contributed by atoms with E-state index in [1.54, 1.807) is 30.3 Å². The lowest BCUT2D eigenvalue weighted by molar-refractivity contribution is -0.147. The molecule has 0 aromatic heterocycles. The summed E-state index contributed by atoms with van der Waals surface area (Å²) in [7, 11) is 0. The molecule has 0 aliphatic heterocycles. The molecule has 0 aliphatic carbocycles. The number of benzene rings is 1. The van der Waals surface area contributed by atoms with Crippen molar-refractivity contribution in [1.82, 2.24) is 16.0 Å². The van der Waals surface area contributed by atoms with Crippen LogP contribution in [0.4, 0.5) is 0 Å². The Morgan fingerprint density at radius 3 is 1.85 bits per heavy atom. The molecule has 0 fully saturated rings. The molecule has 186 valence electrons. The molecule has 13 nitrogen and oxygen atoms in total. The Morgan fingerprint density at radius 2 is 1.35 bits per heavy atom. The molecular formula is C20H27N5O8S. The van der Waals surface area contributed by atoms with Gasteiger partial charge in [-0.1, -0.05) is 30.3 Å². The van der Waals surface area contributed by atoms with Gasteiger partial charge in [-0.3, -0.25) is 24.0 Å². The molecule has 1 rings (SSSR count). The van der Waals surface area contributed by atoms with Crippen molar-refractivity contribution in [2.75, 3.05) is 5.75 Å². The molecule has 0 saturated heterocycles.